The van der Waals surface area contributed by atoms with Gasteiger partial charge in [0, 0.05) is 15.7 Å². The summed E-state index contributed by atoms with van der Waals surface area (Å²) in [6.45, 7) is -2.90. The van der Waals surface area contributed by atoms with Crippen LogP contribution in [0.15, 0.2) is 46.9 Å². The summed E-state index contributed by atoms with van der Waals surface area (Å²) >= 11 is 8.32. The number of nitrogens with one attached hydrogen (secondary N) is 1. The smallest absolute Gasteiger partial charge is 0.387 e. The number of ether oxygens (including phenoxy) is 1. The molecule has 0 aliphatic rings. The van der Waals surface area contributed by atoms with Gasteiger partial charge in [-0.1, -0.05) is 40.3 Å². The van der Waals surface area contributed by atoms with Crippen molar-refractivity contribution in [2.75, 3.05) is 5.32 Å². The lowest BCUT2D eigenvalue weighted by atomic mass is 10.1. The molecule has 2 aromatic carbocycles. The number of thiocarbonyl (C=S) groups is 1. The Morgan fingerprint density at radius 2 is 1.90 bits per heavy atom. The summed E-state index contributed by atoms with van der Waals surface area (Å²) in [6, 6.07) is 11.7. The van der Waals surface area contributed by atoms with E-state index in [1.54, 1.807) is 36.4 Å². The van der Waals surface area contributed by atoms with Crippen molar-refractivity contribution < 1.29 is 13.5 Å². The molecule has 0 aliphatic carbocycles. The molecule has 21 heavy (non-hydrogen) atoms. The van der Waals surface area contributed by atoms with Crippen LogP contribution in [-0.2, 0) is 0 Å². The molecule has 0 saturated carbocycles. The molecular formula is C14H11BrF2N2OS. The Balaban J connectivity index is 2.37. The number of benzene rings is 2. The zero-order valence-corrected chi connectivity index (χ0v) is 13.0. The Hall–Kier alpha value is -1.73. The lowest BCUT2D eigenvalue weighted by molar-refractivity contribution is -0.0493. The SMILES string of the molecule is NC(=S)c1cc(Br)ccc1Nc1ccccc1OC(F)F. The molecule has 0 bridgehead atoms. The zero-order valence-electron chi connectivity index (χ0n) is 10.6. The van der Waals surface area contributed by atoms with E-state index in [-0.39, 0.29) is 10.7 Å². The van der Waals surface area contributed by atoms with Crippen molar-refractivity contribution in [2.45, 2.75) is 6.61 Å². The first-order chi connectivity index (χ1) is 9.97. The molecule has 0 unspecified atom stereocenters. The first kappa shape index (κ1) is 15.7. The van der Waals surface area contributed by atoms with E-state index in [1.807, 2.05) is 0 Å². The van der Waals surface area contributed by atoms with Gasteiger partial charge in [-0.15, -0.1) is 0 Å². The van der Waals surface area contributed by atoms with Crippen LogP contribution < -0.4 is 15.8 Å². The Kier molecular flexibility index (Phi) is 5.08. The molecular weight excluding hydrogens is 362 g/mol. The average Bonchev–Trinajstić information content (AvgIpc) is 2.42. The Morgan fingerprint density at radius 3 is 2.57 bits per heavy atom. The van der Waals surface area contributed by atoms with Gasteiger partial charge in [-0.2, -0.15) is 8.78 Å². The molecule has 3 N–H and O–H groups in total. The van der Waals surface area contributed by atoms with Crippen LogP contribution in [-0.4, -0.2) is 11.6 Å². The predicted octanol–water partition coefficient (Wildman–Crippen LogP) is 4.43. The lowest BCUT2D eigenvalue weighted by Crippen LogP contribution is -2.12. The molecule has 0 atom stereocenters. The molecule has 0 saturated heterocycles. The van der Waals surface area contributed by atoms with Crippen molar-refractivity contribution in [3.8, 4) is 5.75 Å². The molecule has 0 heterocycles. The highest BCUT2D eigenvalue weighted by Gasteiger charge is 2.12. The van der Waals surface area contributed by atoms with Crippen molar-refractivity contribution in [3.63, 3.8) is 0 Å². The number of halogens is 3. The third-order valence-corrected chi connectivity index (χ3v) is 3.33. The maximum absolute atomic E-state index is 12.4. The molecule has 0 amide bonds. The molecule has 0 aromatic heterocycles. The van der Waals surface area contributed by atoms with E-state index in [0.29, 0.717) is 16.9 Å². The van der Waals surface area contributed by atoms with Crippen molar-refractivity contribution in [2.24, 2.45) is 5.73 Å². The molecule has 0 aliphatic heterocycles. The zero-order chi connectivity index (χ0) is 15.4. The highest BCUT2D eigenvalue weighted by atomic mass is 79.9. The second-order valence-corrected chi connectivity index (χ2v) is 5.41. The number of hydrogen-bond donors (Lipinski definition) is 2. The minimum Gasteiger partial charge on any atom is -0.433 e. The third-order valence-electron chi connectivity index (χ3n) is 2.62. The van der Waals surface area contributed by atoms with Crippen LogP contribution in [0.3, 0.4) is 0 Å². The minimum absolute atomic E-state index is 0.0457. The first-order valence-corrected chi connectivity index (χ1v) is 7.07. The molecule has 0 fully saturated rings. The maximum Gasteiger partial charge on any atom is 0.387 e. The van der Waals surface area contributed by atoms with Crippen LogP contribution in [0, 0.1) is 0 Å². The van der Waals surface area contributed by atoms with E-state index in [9.17, 15) is 8.78 Å². The molecule has 7 heteroatoms. The minimum atomic E-state index is -2.90. The topological polar surface area (TPSA) is 47.3 Å². The van der Waals surface area contributed by atoms with Crippen LogP contribution in [0.2, 0.25) is 0 Å². The van der Waals surface area contributed by atoms with Gasteiger partial charge in [0.25, 0.3) is 0 Å². The summed E-state index contributed by atoms with van der Waals surface area (Å²) < 4.78 is 30.1. The lowest BCUT2D eigenvalue weighted by Gasteiger charge is -2.15. The number of nitrogens with two attached hydrogens (primary N) is 1. The maximum atomic E-state index is 12.4. The Bertz CT molecular complexity index is 667. The molecule has 110 valence electrons. The summed E-state index contributed by atoms with van der Waals surface area (Å²) in [6.07, 6.45) is 0. The molecule has 0 radical (unpaired) electrons. The molecule has 2 aromatic rings. The number of alkyl halides is 2. The fraction of sp³-hybridized carbons (Fsp3) is 0.0714. The van der Waals surface area contributed by atoms with Crippen LogP contribution in [0.4, 0.5) is 20.2 Å². The summed E-state index contributed by atoms with van der Waals surface area (Å²) in [4.78, 5) is 0.200. The van der Waals surface area contributed by atoms with E-state index in [4.69, 9.17) is 18.0 Å². The Morgan fingerprint density at radius 1 is 1.19 bits per heavy atom. The van der Waals surface area contributed by atoms with Gasteiger partial charge in [-0.3, -0.25) is 0 Å². The van der Waals surface area contributed by atoms with E-state index in [0.717, 1.165) is 4.47 Å². The summed E-state index contributed by atoms with van der Waals surface area (Å²) in [5, 5.41) is 3.01. The van der Waals surface area contributed by atoms with Crippen molar-refractivity contribution in [1.29, 1.82) is 0 Å². The highest BCUT2D eigenvalue weighted by Crippen LogP contribution is 2.31. The van der Waals surface area contributed by atoms with Gasteiger partial charge in [0.15, 0.2) is 0 Å². The van der Waals surface area contributed by atoms with Gasteiger partial charge in [0.2, 0.25) is 0 Å². The van der Waals surface area contributed by atoms with E-state index >= 15 is 0 Å². The molecule has 2 rings (SSSR count). The standard InChI is InChI=1S/C14H11BrF2N2OS/c15-8-5-6-10(9(7-8)13(18)21)19-11-3-1-2-4-12(11)20-14(16)17/h1-7,14,19H,(H2,18,21). The summed E-state index contributed by atoms with van der Waals surface area (Å²) in [5.41, 5.74) is 7.29. The largest absolute Gasteiger partial charge is 0.433 e. The van der Waals surface area contributed by atoms with E-state index in [1.165, 1.54) is 6.07 Å². The summed E-state index contributed by atoms with van der Waals surface area (Å²) in [7, 11) is 0. The normalized spacial score (nSPS) is 10.5. The Labute approximate surface area is 134 Å². The number of anilines is 2. The van der Waals surface area contributed by atoms with Crippen molar-refractivity contribution >= 4 is 44.5 Å². The first-order valence-electron chi connectivity index (χ1n) is 5.87. The van der Waals surface area contributed by atoms with Gasteiger partial charge in [0.1, 0.15) is 10.7 Å². The number of rotatable bonds is 5. The molecule has 0 spiro atoms. The van der Waals surface area contributed by atoms with E-state index in [2.05, 4.69) is 26.0 Å². The van der Waals surface area contributed by atoms with Gasteiger partial charge in [-0.25, -0.2) is 0 Å². The second kappa shape index (κ2) is 6.82. The average molecular weight is 373 g/mol. The monoisotopic (exact) mass is 372 g/mol. The highest BCUT2D eigenvalue weighted by molar-refractivity contribution is 9.10. The van der Waals surface area contributed by atoms with Gasteiger partial charge in [0.05, 0.1) is 5.69 Å². The predicted molar refractivity (Wildman–Crippen MR) is 86.4 cm³/mol. The van der Waals surface area contributed by atoms with Gasteiger partial charge < -0.3 is 15.8 Å². The van der Waals surface area contributed by atoms with Crippen LogP contribution in [0.25, 0.3) is 0 Å². The third kappa shape index (κ3) is 4.12. The summed E-state index contributed by atoms with van der Waals surface area (Å²) in [5.74, 6) is 0.0457. The fourth-order valence-corrected chi connectivity index (χ4v) is 2.27. The molecule has 3 nitrogen and oxygen atoms in total. The number of para-hydroxylation sites is 2. The van der Waals surface area contributed by atoms with Crippen molar-refractivity contribution in [1.82, 2.24) is 0 Å². The van der Waals surface area contributed by atoms with E-state index < -0.39 is 6.61 Å². The quantitative estimate of drug-likeness (QED) is 0.762. The van der Waals surface area contributed by atoms with Crippen LogP contribution in [0.5, 0.6) is 5.75 Å². The number of hydrogen-bond acceptors (Lipinski definition) is 3. The van der Waals surface area contributed by atoms with Crippen molar-refractivity contribution in [3.05, 3.63) is 52.5 Å². The second-order valence-electron chi connectivity index (χ2n) is 4.05. The van der Waals surface area contributed by atoms with Crippen LogP contribution in [0.1, 0.15) is 5.56 Å². The van der Waals surface area contributed by atoms with Gasteiger partial charge in [-0.05, 0) is 30.3 Å². The van der Waals surface area contributed by atoms with Gasteiger partial charge >= 0.3 is 6.61 Å². The van der Waals surface area contributed by atoms with Crippen LogP contribution >= 0.6 is 28.1 Å². The fourth-order valence-electron chi connectivity index (χ4n) is 1.74.